The minimum atomic E-state index is -0.555. The molecule has 0 aliphatic rings. The molecule has 1 aromatic heterocycles. The molecule has 2 rings (SSSR count). The molecule has 2 aromatic rings. The van der Waals surface area contributed by atoms with Gasteiger partial charge >= 0.3 is 5.97 Å². The van der Waals surface area contributed by atoms with Gasteiger partial charge in [-0.15, -0.1) is 10.2 Å². The van der Waals surface area contributed by atoms with E-state index < -0.39 is 5.97 Å². The molecule has 0 aliphatic carbocycles. The van der Waals surface area contributed by atoms with Crippen LogP contribution in [0.2, 0.25) is 5.15 Å². The summed E-state index contributed by atoms with van der Waals surface area (Å²) in [6.45, 7) is 0.412. The van der Waals surface area contributed by atoms with Crippen molar-refractivity contribution < 1.29 is 14.3 Å². The highest BCUT2D eigenvalue weighted by molar-refractivity contribution is 6.29. The van der Waals surface area contributed by atoms with Gasteiger partial charge in [0.25, 0.3) is 0 Å². The number of rotatable bonds is 5. The molecule has 98 valence electrons. The van der Waals surface area contributed by atoms with E-state index >= 15 is 0 Å². The van der Waals surface area contributed by atoms with E-state index in [0.717, 1.165) is 5.75 Å². The van der Waals surface area contributed by atoms with Crippen LogP contribution in [0.1, 0.15) is 10.5 Å². The Kier molecular flexibility index (Phi) is 4.69. The predicted octanol–water partition coefficient (Wildman–Crippen LogP) is 2.37. The van der Waals surface area contributed by atoms with Crippen LogP contribution in [0, 0.1) is 0 Å². The van der Waals surface area contributed by atoms with Crippen molar-refractivity contribution in [3.05, 3.63) is 53.3 Å². The molecule has 0 aliphatic heterocycles. The van der Waals surface area contributed by atoms with Gasteiger partial charge in [-0.2, -0.15) is 0 Å². The minimum Gasteiger partial charge on any atom is -0.490 e. The van der Waals surface area contributed by atoms with Gasteiger partial charge in [0.2, 0.25) is 0 Å². The Bertz CT molecular complexity index is 531. The third-order valence-corrected chi connectivity index (χ3v) is 2.37. The second kappa shape index (κ2) is 6.70. The zero-order valence-electron chi connectivity index (χ0n) is 9.95. The van der Waals surface area contributed by atoms with Crippen molar-refractivity contribution >= 4 is 17.6 Å². The predicted molar refractivity (Wildman–Crippen MR) is 69.3 cm³/mol. The van der Waals surface area contributed by atoms with Crippen LogP contribution >= 0.6 is 11.6 Å². The molecular weight excluding hydrogens is 268 g/mol. The lowest BCUT2D eigenvalue weighted by Gasteiger charge is -2.06. The SMILES string of the molecule is O=C(OCCOc1ccccc1)c1ccc(Cl)nn1. The number of para-hydroxylation sites is 1. The Morgan fingerprint density at radius 1 is 1.05 bits per heavy atom. The lowest BCUT2D eigenvalue weighted by molar-refractivity contribution is 0.0442. The van der Waals surface area contributed by atoms with E-state index in [1.54, 1.807) is 0 Å². The highest BCUT2D eigenvalue weighted by Gasteiger charge is 2.09. The molecule has 0 fully saturated rings. The van der Waals surface area contributed by atoms with Gasteiger partial charge in [0.15, 0.2) is 10.8 Å². The van der Waals surface area contributed by atoms with E-state index in [1.807, 2.05) is 30.3 Å². The molecule has 1 aromatic carbocycles. The quantitative estimate of drug-likeness (QED) is 0.621. The Morgan fingerprint density at radius 3 is 2.53 bits per heavy atom. The molecule has 19 heavy (non-hydrogen) atoms. The lowest BCUT2D eigenvalue weighted by Crippen LogP contribution is -2.13. The molecule has 0 saturated carbocycles. The van der Waals surface area contributed by atoms with Gasteiger partial charge in [-0.05, 0) is 24.3 Å². The smallest absolute Gasteiger partial charge is 0.358 e. The third-order valence-electron chi connectivity index (χ3n) is 2.17. The average Bonchev–Trinajstić information content (AvgIpc) is 2.45. The standard InChI is InChI=1S/C13H11ClN2O3/c14-12-7-6-11(15-16-12)13(17)19-9-8-18-10-4-2-1-3-5-10/h1-7H,8-9H2. The number of ether oxygens (including phenoxy) is 2. The third kappa shape index (κ3) is 4.22. The molecule has 0 atom stereocenters. The number of carbonyl (C=O) groups excluding carboxylic acids is 1. The molecule has 0 unspecified atom stereocenters. The van der Waals surface area contributed by atoms with E-state index in [9.17, 15) is 4.79 Å². The molecular formula is C13H11ClN2O3. The topological polar surface area (TPSA) is 61.3 Å². The first kappa shape index (κ1) is 13.3. The highest BCUT2D eigenvalue weighted by atomic mass is 35.5. The maximum atomic E-state index is 11.5. The van der Waals surface area contributed by atoms with Crippen molar-refractivity contribution in [3.8, 4) is 5.75 Å². The summed E-state index contributed by atoms with van der Waals surface area (Å²) in [6, 6.07) is 12.2. The van der Waals surface area contributed by atoms with Crippen LogP contribution in [0.5, 0.6) is 5.75 Å². The summed E-state index contributed by atoms with van der Waals surface area (Å²) >= 11 is 5.57. The maximum Gasteiger partial charge on any atom is 0.358 e. The summed E-state index contributed by atoms with van der Waals surface area (Å²) in [5.41, 5.74) is 0.115. The fraction of sp³-hybridized carbons (Fsp3) is 0.154. The number of halogens is 1. The van der Waals surface area contributed by atoms with Crippen molar-refractivity contribution in [2.45, 2.75) is 0 Å². The van der Waals surface area contributed by atoms with Gasteiger partial charge in [0.05, 0.1) is 0 Å². The lowest BCUT2D eigenvalue weighted by atomic mass is 10.3. The minimum absolute atomic E-state index is 0.115. The Balaban J connectivity index is 1.74. The largest absolute Gasteiger partial charge is 0.490 e. The van der Waals surface area contributed by atoms with Crippen LogP contribution in [-0.4, -0.2) is 29.4 Å². The van der Waals surface area contributed by atoms with E-state index in [4.69, 9.17) is 21.1 Å². The monoisotopic (exact) mass is 278 g/mol. The van der Waals surface area contributed by atoms with E-state index in [1.165, 1.54) is 12.1 Å². The van der Waals surface area contributed by atoms with Crippen molar-refractivity contribution in [2.75, 3.05) is 13.2 Å². The van der Waals surface area contributed by atoms with Gasteiger partial charge in [-0.1, -0.05) is 29.8 Å². The van der Waals surface area contributed by atoms with E-state index in [-0.39, 0.29) is 24.1 Å². The fourth-order valence-corrected chi connectivity index (χ4v) is 1.41. The number of hydrogen-bond acceptors (Lipinski definition) is 5. The van der Waals surface area contributed by atoms with Crippen LogP contribution in [-0.2, 0) is 4.74 Å². The van der Waals surface area contributed by atoms with Crippen molar-refractivity contribution in [1.82, 2.24) is 10.2 Å². The average molecular weight is 279 g/mol. The Morgan fingerprint density at radius 2 is 1.84 bits per heavy atom. The molecule has 0 amide bonds. The first-order valence-electron chi connectivity index (χ1n) is 5.60. The summed E-state index contributed by atoms with van der Waals surface area (Å²) in [5.74, 6) is 0.172. The molecule has 5 nitrogen and oxygen atoms in total. The molecule has 6 heteroatoms. The second-order valence-electron chi connectivity index (χ2n) is 3.54. The summed E-state index contributed by atoms with van der Waals surface area (Å²) < 4.78 is 10.4. The molecule has 0 spiro atoms. The number of esters is 1. The zero-order valence-corrected chi connectivity index (χ0v) is 10.7. The van der Waals surface area contributed by atoms with Crippen molar-refractivity contribution in [2.24, 2.45) is 0 Å². The van der Waals surface area contributed by atoms with Gasteiger partial charge in [-0.3, -0.25) is 0 Å². The van der Waals surface area contributed by atoms with Crippen LogP contribution in [0.15, 0.2) is 42.5 Å². The van der Waals surface area contributed by atoms with Gasteiger partial charge in [0, 0.05) is 0 Å². The van der Waals surface area contributed by atoms with E-state index in [0.29, 0.717) is 0 Å². The van der Waals surface area contributed by atoms with Crippen molar-refractivity contribution in [1.29, 1.82) is 0 Å². The summed E-state index contributed by atoms with van der Waals surface area (Å²) in [7, 11) is 0. The number of nitrogens with zero attached hydrogens (tertiary/aromatic N) is 2. The molecule has 0 saturated heterocycles. The van der Waals surface area contributed by atoms with Crippen molar-refractivity contribution in [3.63, 3.8) is 0 Å². The maximum absolute atomic E-state index is 11.5. The second-order valence-corrected chi connectivity index (χ2v) is 3.93. The number of carbonyl (C=O) groups is 1. The van der Waals surface area contributed by atoms with Gasteiger partial charge < -0.3 is 9.47 Å². The van der Waals surface area contributed by atoms with Crippen LogP contribution in [0.25, 0.3) is 0 Å². The Hall–Kier alpha value is -2.14. The fourth-order valence-electron chi connectivity index (χ4n) is 1.31. The summed E-state index contributed by atoms with van der Waals surface area (Å²) in [6.07, 6.45) is 0. The first-order chi connectivity index (χ1) is 9.25. The molecule has 0 radical (unpaired) electrons. The summed E-state index contributed by atoms with van der Waals surface area (Å²) in [4.78, 5) is 11.5. The van der Waals surface area contributed by atoms with Crippen LogP contribution < -0.4 is 4.74 Å². The highest BCUT2D eigenvalue weighted by Crippen LogP contribution is 2.08. The van der Waals surface area contributed by atoms with Crippen LogP contribution in [0.4, 0.5) is 0 Å². The molecule has 0 N–H and O–H groups in total. The van der Waals surface area contributed by atoms with E-state index in [2.05, 4.69) is 10.2 Å². The normalized spacial score (nSPS) is 9.95. The first-order valence-corrected chi connectivity index (χ1v) is 5.98. The number of benzene rings is 1. The summed E-state index contributed by atoms with van der Waals surface area (Å²) in [5, 5.41) is 7.40. The molecule has 1 heterocycles. The zero-order chi connectivity index (χ0) is 13.5. The van der Waals surface area contributed by atoms with Gasteiger partial charge in [0.1, 0.15) is 19.0 Å². The van der Waals surface area contributed by atoms with Crippen LogP contribution in [0.3, 0.4) is 0 Å². The number of aromatic nitrogens is 2. The Labute approximate surface area is 115 Å². The van der Waals surface area contributed by atoms with Gasteiger partial charge in [-0.25, -0.2) is 4.79 Å². The number of hydrogen-bond donors (Lipinski definition) is 0. The molecule has 0 bridgehead atoms.